The number of carbonyl (C=O) groups is 3. The van der Waals surface area contributed by atoms with E-state index in [1.54, 1.807) is 47.4 Å². The van der Waals surface area contributed by atoms with E-state index in [-0.39, 0.29) is 24.1 Å². The van der Waals surface area contributed by atoms with E-state index in [1.165, 1.54) is 11.4 Å². The lowest BCUT2D eigenvalue weighted by molar-refractivity contribution is -0.128. The van der Waals surface area contributed by atoms with Crippen molar-refractivity contribution in [2.75, 3.05) is 46.6 Å². The van der Waals surface area contributed by atoms with Crippen LogP contribution in [0.4, 0.5) is 28.4 Å². The molecule has 0 bridgehead atoms. The standard InChI is InChI=1S/C29H31N5O5S/c1-33(40(2,38)39)26-8-4-3-7-21(26)19-11-13-22-24(17-19)31-23-14-12-20(18-25(23)32-29(22)37)30-27(35)9-5-15-34-16-6-10-28(34)36/h3-4,7-8,11-14,17-18,31H,5-6,9-10,15-16H2,1-2H3,(H,30,35)(H,32,37). The van der Waals surface area contributed by atoms with Crippen LogP contribution < -0.4 is 20.3 Å². The lowest BCUT2D eigenvalue weighted by Crippen LogP contribution is -2.26. The van der Waals surface area contributed by atoms with Crippen LogP contribution in [-0.2, 0) is 19.6 Å². The van der Waals surface area contributed by atoms with Crippen LogP contribution in [0.1, 0.15) is 36.0 Å². The number of likely N-dealkylation sites (tertiary alicyclic amines) is 1. The quantitative estimate of drug-likeness (QED) is 0.374. The van der Waals surface area contributed by atoms with Gasteiger partial charge in [0.15, 0.2) is 0 Å². The summed E-state index contributed by atoms with van der Waals surface area (Å²) in [6, 6.07) is 17.7. The molecule has 2 aliphatic rings. The summed E-state index contributed by atoms with van der Waals surface area (Å²) in [5, 5.41) is 9.08. The van der Waals surface area contributed by atoms with Gasteiger partial charge in [-0.15, -0.1) is 0 Å². The number of carbonyl (C=O) groups excluding carboxylic acids is 3. The van der Waals surface area contributed by atoms with Crippen LogP contribution in [0.15, 0.2) is 60.7 Å². The van der Waals surface area contributed by atoms with Crippen LogP contribution in [0.25, 0.3) is 11.1 Å². The molecule has 3 N–H and O–H groups in total. The van der Waals surface area contributed by atoms with Gasteiger partial charge in [0, 0.05) is 44.2 Å². The molecule has 2 aliphatic heterocycles. The smallest absolute Gasteiger partial charge is 0.257 e. The molecule has 1 fully saturated rings. The summed E-state index contributed by atoms with van der Waals surface area (Å²) in [6.45, 7) is 1.33. The SMILES string of the molecule is CN(c1ccccc1-c1ccc2c(c1)Nc1ccc(NC(=O)CCCN3CCCC3=O)cc1NC2=O)S(C)(=O)=O. The third kappa shape index (κ3) is 5.79. The second-order valence-corrected chi connectivity index (χ2v) is 12.0. The summed E-state index contributed by atoms with van der Waals surface area (Å²) in [4.78, 5) is 39.1. The Morgan fingerprint density at radius 2 is 1.77 bits per heavy atom. The number of fused-ring (bicyclic) bond motifs is 2. The largest absolute Gasteiger partial charge is 0.353 e. The average molecular weight is 562 g/mol. The molecule has 5 rings (SSSR count). The molecule has 3 amide bonds. The van der Waals surface area contributed by atoms with Crippen molar-refractivity contribution >= 4 is 56.2 Å². The zero-order chi connectivity index (χ0) is 28.4. The molecule has 0 unspecified atom stereocenters. The summed E-state index contributed by atoms with van der Waals surface area (Å²) >= 11 is 0. The van der Waals surface area contributed by atoms with Gasteiger partial charge in [-0.3, -0.25) is 18.7 Å². The number of rotatable bonds is 8. The fourth-order valence-electron chi connectivity index (χ4n) is 4.95. The third-order valence-electron chi connectivity index (χ3n) is 7.14. The number of sulfonamides is 1. The van der Waals surface area contributed by atoms with Crippen LogP contribution in [0.5, 0.6) is 0 Å². The highest BCUT2D eigenvalue weighted by Gasteiger charge is 2.23. The van der Waals surface area contributed by atoms with Gasteiger partial charge in [0.2, 0.25) is 21.8 Å². The van der Waals surface area contributed by atoms with Gasteiger partial charge in [-0.25, -0.2) is 8.42 Å². The Bertz CT molecular complexity index is 1600. The van der Waals surface area contributed by atoms with Crippen LogP contribution in [0.2, 0.25) is 0 Å². The van der Waals surface area contributed by atoms with Crippen LogP contribution >= 0.6 is 0 Å². The molecule has 2 heterocycles. The van der Waals surface area contributed by atoms with E-state index in [2.05, 4.69) is 16.0 Å². The summed E-state index contributed by atoms with van der Waals surface area (Å²) in [6.07, 6.45) is 3.48. The molecule has 10 nitrogen and oxygen atoms in total. The molecule has 11 heteroatoms. The molecule has 0 radical (unpaired) electrons. The number of anilines is 5. The Kier molecular flexibility index (Phi) is 7.49. The molecule has 0 saturated carbocycles. The minimum absolute atomic E-state index is 0.146. The highest BCUT2D eigenvalue weighted by atomic mass is 32.2. The predicted octanol–water partition coefficient (Wildman–Crippen LogP) is 4.40. The van der Waals surface area contributed by atoms with Crippen molar-refractivity contribution in [2.24, 2.45) is 0 Å². The zero-order valence-corrected chi connectivity index (χ0v) is 23.2. The van der Waals surface area contributed by atoms with Crippen molar-refractivity contribution in [3.63, 3.8) is 0 Å². The summed E-state index contributed by atoms with van der Waals surface area (Å²) in [7, 11) is -1.97. The van der Waals surface area contributed by atoms with Crippen molar-refractivity contribution in [1.29, 1.82) is 0 Å². The first-order valence-corrected chi connectivity index (χ1v) is 14.9. The second-order valence-electron chi connectivity index (χ2n) is 9.98. The molecule has 0 atom stereocenters. The van der Waals surface area contributed by atoms with E-state index in [1.807, 2.05) is 18.2 Å². The third-order valence-corrected chi connectivity index (χ3v) is 8.33. The maximum absolute atomic E-state index is 13.1. The molecular weight excluding hydrogens is 530 g/mol. The van der Waals surface area contributed by atoms with Gasteiger partial charge >= 0.3 is 0 Å². The Morgan fingerprint density at radius 1 is 0.975 bits per heavy atom. The molecule has 40 heavy (non-hydrogen) atoms. The number of hydrogen-bond donors (Lipinski definition) is 3. The predicted molar refractivity (Wildman–Crippen MR) is 156 cm³/mol. The van der Waals surface area contributed by atoms with E-state index in [4.69, 9.17) is 0 Å². The molecule has 208 valence electrons. The topological polar surface area (TPSA) is 128 Å². The first-order valence-electron chi connectivity index (χ1n) is 13.1. The van der Waals surface area contributed by atoms with Crippen LogP contribution in [0, 0.1) is 0 Å². The summed E-state index contributed by atoms with van der Waals surface area (Å²) in [5.41, 5.74) is 4.68. The summed E-state index contributed by atoms with van der Waals surface area (Å²) < 4.78 is 25.6. The van der Waals surface area contributed by atoms with Gasteiger partial charge in [0.05, 0.1) is 34.6 Å². The van der Waals surface area contributed by atoms with Crippen molar-refractivity contribution < 1.29 is 22.8 Å². The maximum Gasteiger partial charge on any atom is 0.257 e. The Hall–Kier alpha value is -4.38. The Morgan fingerprint density at radius 3 is 2.52 bits per heavy atom. The number of hydrogen-bond acceptors (Lipinski definition) is 6. The minimum Gasteiger partial charge on any atom is -0.353 e. The number of benzene rings is 3. The monoisotopic (exact) mass is 561 g/mol. The molecule has 1 saturated heterocycles. The lowest BCUT2D eigenvalue weighted by Gasteiger charge is -2.21. The summed E-state index contributed by atoms with van der Waals surface area (Å²) in [5.74, 6) is -0.328. The van der Waals surface area contributed by atoms with Gasteiger partial charge in [0.1, 0.15) is 0 Å². The van der Waals surface area contributed by atoms with E-state index < -0.39 is 10.0 Å². The number of amides is 3. The van der Waals surface area contributed by atoms with Gasteiger partial charge in [-0.1, -0.05) is 24.3 Å². The molecule has 0 aromatic heterocycles. The molecule has 3 aromatic rings. The van der Waals surface area contributed by atoms with E-state index in [0.29, 0.717) is 59.0 Å². The van der Waals surface area contributed by atoms with E-state index in [9.17, 15) is 22.8 Å². The van der Waals surface area contributed by atoms with Crippen molar-refractivity contribution in [2.45, 2.75) is 25.7 Å². The van der Waals surface area contributed by atoms with Crippen LogP contribution in [-0.4, -0.2) is 57.4 Å². The number of nitrogens with zero attached hydrogens (tertiary/aromatic N) is 2. The first kappa shape index (κ1) is 27.2. The first-order chi connectivity index (χ1) is 19.1. The average Bonchev–Trinajstić information content (AvgIpc) is 3.27. The van der Waals surface area contributed by atoms with Gasteiger partial charge in [0.25, 0.3) is 5.91 Å². The van der Waals surface area contributed by atoms with Gasteiger partial charge in [-0.05, 0) is 54.8 Å². The highest BCUT2D eigenvalue weighted by molar-refractivity contribution is 7.92. The number of nitrogens with one attached hydrogen (secondary N) is 3. The zero-order valence-electron chi connectivity index (χ0n) is 22.4. The van der Waals surface area contributed by atoms with Crippen molar-refractivity contribution in [1.82, 2.24) is 4.90 Å². The minimum atomic E-state index is -3.47. The Balaban J connectivity index is 1.33. The maximum atomic E-state index is 13.1. The fourth-order valence-corrected chi connectivity index (χ4v) is 5.46. The lowest BCUT2D eigenvalue weighted by atomic mass is 10.0. The van der Waals surface area contributed by atoms with Crippen molar-refractivity contribution in [3.8, 4) is 11.1 Å². The molecule has 0 aliphatic carbocycles. The van der Waals surface area contributed by atoms with Gasteiger partial charge in [-0.2, -0.15) is 0 Å². The van der Waals surface area contributed by atoms with E-state index >= 15 is 0 Å². The number of para-hydroxylation sites is 1. The fraction of sp³-hybridized carbons (Fsp3) is 0.276. The Labute approximate surface area is 233 Å². The molecule has 3 aromatic carbocycles. The molecular formula is C29H31N5O5S. The molecule has 0 spiro atoms. The van der Waals surface area contributed by atoms with E-state index in [0.717, 1.165) is 24.8 Å². The normalized spacial score (nSPS) is 14.5. The van der Waals surface area contributed by atoms with Crippen LogP contribution in [0.3, 0.4) is 0 Å². The highest BCUT2D eigenvalue weighted by Crippen LogP contribution is 2.38. The van der Waals surface area contributed by atoms with Crippen molar-refractivity contribution in [3.05, 3.63) is 66.2 Å². The van der Waals surface area contributed by atoms with Gasteiger partial charge < -0.3 is 20.9 Å². The second kappa shape index (κ2) is 11.0.